The molecule has 43 heavy (non-hydrogen) atoms. The number of benzene rings is 1. The standard InChI is InChI=1S/C34H46F5NO2Si/c1-20(2)29-28(30(41)22-14-16-23(17-15-22)33(35,36)34(37,38)39)26(21-12-10-11-13-21)27-24(40-29)18-32(6,7)19-25(27)42-43(8,9)31(3,4)5/h12,14-17,20,25,30,41H,10-11,13,18-19H2,1-9H3. The van der Waals surface area contributed by atoms with Crippen molar-refractivity contribution < 1.29 is 31.5 Å². The number of alkyl halides is 5. The topological polar surface area (TPSA) is 42.4 Å². The molecule has 2 unspecified atom stereocenters. The molecule has 0 bridgehead atoms. The lowest BCUT2D eigenvalue weighted by molar-refractivity contribution is -0.289. The third kappa shape index (κ3) is 6.50. The fraction of sp³-hybridized carbons (Fsp3) is 0.618. The van der Waals surface area contributed by atoms with Crippen molar-refractivity contribution >= 4 is 13.9 Å². The van der Waals surface area contributed by atoms with Crippen molar-refractivity contribution in [1.82, 2.24) is 4.98 Å². The maximum absolute atomic E-state index is 14.1. The Morgan fingerprint density at radius 3 is 2.12 bits per heavy atom. The molecule has 0 aliphatic heterocycles. The lowest BCUT2D eigenvalue weighted by Crippen LogP contribution is -2.44. The molecule has 0 saturated carbocycles. The summed E-state index contributed by atoms with van der Waals surface area (Å²) in [4.78, 5) is 5.20. The first-order valence-corrected chi connectivity index (χ1v) is 18.1. The SMILES string of the molecule is CC(C)c1nc2c(c(C3=CCCC3)c1C(O)c1ccc(C(F)(F)C(F)(F)F)cc1)C(O[Si](C)(C)C(C)(C)C)CC(C)(C)C2. The predicted molar refractivity (Wildman–Crippen MR) is 164 cm³/mol. The number of hydrogen-bond donors (Lipinski definition) is 1. The number of pyridine rings is 1. The monoisotopic (exact) mass is 623 g/mol. The zero-order valence-corrected chi connectivity index (χ0v) is 27.8. The van der Waals surface area contributed by atoms with Gasteiger partial charge in [-0.15, -0.1) is 0 Å². The average molecular weight is 624 g/mol. The minimum absolute atomic E-state index is 0.0323. The van der Waals surface area contributed by atoms with Crippen molar-refractivity contribution in [3.8, 4) is 0 Å². The van der Waals surface area contributed by atoms with E-state index in [0.717, 1.165) is 66.6 Å². The second-order valence-electron chi connectivity index (χ2n) is 14.9. The Morgan fingerprint density at radius 2 is 1.63 bits per heavy atom. The van der Waals surface area contributed by atoms with Crippen LogP contribution in [0.4, 0.5) is 22.0 Å². The van der Waals surface area contributed by atoms with Gasteiger partial charge in [-0.2, -0.15) is 22.0 Å². The van der Waals surface area contributed by atoms with Gasteiger partial charge in [0.25, 0.3) is 0 Å². The predicted octanol–water partition coefficient (Wildman–Crippen LogP) is 10.5. The number of nitrogens with zero attached hydrogens (tertiary/aromatic N) is 1. The lowest BCUT2D eigenvalue weighted by atomic mass is 9.71. The molecule has 0 saturated heterocycles. The molecule has 0 spiro atoms. The van der Waals surface area contributed by atoms with E-state index in [0.29, 0.717) is 11.3 Å². The maximum atomic E-state index is 14.1. The number of aromatic nitrogens is 1. The van der Waals surface area contributed by atoms with Gasteiger partial charge in [0.2, 0.25) is 0 Å². The first-order valence-electron chi connectivity index (χ1n) is 15.2. The molecule has 3 nitrogen and oxygen atoms in total. The smallest absolute Gasteiger partial charge is 0.410 e. The van der Waals surface area contributed by atoms with Crippen LogP contribution in [0.15, 0.2) is 30.3 Å². The quantitative estimate of drug-likeness (QED) is 0.246. The summed E-state index contributed by atoms with van der Waals surface area (Å²) >= 11 is 0. The van der Waals surface area contributed by atoms with E-state index in [4.69, 9.17) is 9.41 Å². The van der Waals surface area contributed by atoms with Gasteiger partial charge in [-0.3, -0.25) is 4.98 Å². The van der Waals surface area contributed by atoms with Gasteiger partial charge < -0.3 is 9.53 Å². The molecule has 0 radical (unpaired) electrons. The number of allylic oxidation sites excluding steroid dienone is 2. The van der Waals surface area contributed by atoms with Gasteiger partial charge >= 0.3 is 12.1 Å². The van der Waals surface area contributed by atoms with Crippen molar-refractivity contribution in [2.24, 2.45) is 5.41 Å². The van der Waals surface area contributed by atoms with E-state index in [9.17, 15) is 27.1 Å². The van der Waals surface area contributed by atoms with E-state index in [1.807, 2.05) is 13.8 Å². The zero-order chi connectivity index (χ0) is 32.3. The minimum Gasteiger partial charge on any atom is -0.410 e. The molecule has 0 amide bonds. The molecule has 1 aromatic carbocycles. The fourth-order valence-corrected chi connectivity index (χ4v) is 7.36. The largest absolute Gasteiger partial charge is 0.458 e. The number of aliphatic hydroxyl groups is 1. The van der Waals surface area contributed by atoms with E-state index >= 15 is 0 Å². The van der Waals surface area contributed by atoms with Crippen LogP contribution in [0.1, 0.15) is 131 Å². The second-order valence-corrected chi connectivity index (χ2v) is 19.7. The van der Waals surface area contributed by atoms with Gasteiger partial charge in [-0.1, -0.05) is 78.8 Å². The number of halogens is 5. The Kier molecular flexibility index (Phi) is 8.92. The Balaban J connectivity index is 1.96. The Labute approximate surface area is 254 Å². The van der Waals surface area contributed by atoms with Crippen LogP contribution in [0.2, 0.25) is 18.1 Å². The highest BCUT2D eigenvalue weighted by Gasteiger charge is 2.58. The van der Waals surface area contributed by atoms with E-state index in [2.05, 4.69) is 53.8 Å². The molecule has 238 valence electrons. The van der Waals surface area contributed by atoms with Crippen LogP contribution in [0.25, 0.3) is 5.57 Å². The normalized spacial score (nSPS) is 20.3. The third-order valence-corrected chi connectivity index (χ3v) is 13.9. The van der Waals surface area contributed by atoms with Crippen molar-refractivity contribution in [3.63, 3.8) is 0 Å². The summed E-state index contributed by atoms with van der Waals surface area (Å²) in [6.45, 7) is 19.5. The van der Waals surface area contributed by atoms with Crippen LogP contribution in [0.5, 0.6) is 0 Å². The molecular weight excluding hydrogens is 577 g/mol. The van der Waals surface area contributed by atoms with Crippen molar-refractivity contribution in [2.75, 3.05) is 0 Å². The number of hydrogen-bond acceptors (Lipinski definition) is 3. The Morgan fingerprint density at radius 1 is 1.02 bits per heavy atom. The average Bonchev–Trinajstić information content (AvgIpc) is 3.39. The molecule has 9 heteroatoms. The van der Waals surface area contributed by atoms with E-state index < -0.39 is 32.1 Å². The number of aliphatic hydroxyl groups excluding tert-OH is 1. The molecule has 2 aromatic rings. The highest BCUT2D eigenvalue weighted by Crippen LogP contribution is 2.52. The van der Waals surface area contributed by atoms with Gasteiger partial charge in [0, 0.05) is 28.1 Å². The summed E-state index contributed by atoms with van der Waals surface area (Å²) in [5.41, 5.74) is 4.31. The fourth-order valence-electron chi connectivity index (χ4n) is 6.09. The van der Waals surface area contributed by atoms with Crippen LogP contribution >= 0.6 is 0 Å². The minimum atomic E-state index is -5.71. The van der Waals surface area contributed by atoms with Gasteiger partial charge in [0.1, 0.15) is 6.10 Å². The molecule has 0 fully saturated rings. The molecule has 1 N–H and O–H groups in total. The van der Waals surface area contributed by atoms with E-state index in [-0.39, 0.29) is 28.0 Å². The van der Waals surface area contributed by atoms with Crippen LogP contribution < -0.4 is 0 Å². The zero-order valence-electron chi connectivity index (χ0n) is 26.8. The first-order chi connectivity index (χ1) is 19.6. The van der Waals surface area contributed by atoms with E-state index in [1.54, 1.807) is 0 Å². The molecule has 1 heterocycles. The lowest BCUT2D eigenvalue weighted by Gasteiger charge is -2.45. The van der Waals surface area contributed by atoms with Gasteiger partial charge in [-0.25, -0.2) is 0 Å². The van der Waals surface area contributed by atoms with E-state index in [1.165, 1.54) is 12.1 Å². The molecular formula is C34H46F5NO2Si. The summed E-state index contributed by atoms with van der Waals surface area (Å²) in [6, 6.07) is 3.85. The molecule has 2 atom stereocenters. The number of fused-ring (bicyclic) bond motifs is 1. The van der Waals surface area contributed by atoms with Crippen molar-refractivity contribution in [1.29, 1.82) is 0 Å². The maximum Gasteiger partial charge on any atom is 0.458 e. The molecule has 2 aliphatic rings. The van der Waals surface area contributed by atoms with Gasteiger partial charge in [0.05, 0.1) is 6.10 Å². The van der Waals surface area contributed by atoms with Gasteiger partial charge in [0.15, 0.2) is 8.32 Å². The summed E-state index contributed by atoms with van der Waals surface area (Å²) in [7, 11) is -2.24. The van der Waals surface area contributed by atoms with Crippen LogP contribution in [-0.2, 0) is 16.8 Å². The van der Waals surface area contributed by atoms with Crippen molar-refractivity contribution in [2.45, 2.75) is 129 Å². The number of rotatable bonds is 7. The molecule has 4 rings (SSSR count). The Bertz CT molecular complexity index is 1370. The van der Waals surface area contributed by atoms with Crippen LogP contribution in [0.3, 0.4) is 0 Å². The summed E-state index contributed by atoms with van der Waals surface area (Å²) < 4.78 is 74.3. The summed E-state index contributed by atoms with van der Waals surface area (Å²) in [5, 5.41) is 11.9. The highest BCUT2D eigenvalue weighted by atomic mass is 28.4. The summed E-state index contributed by atoms with van der Waals surface area (Å²) in [6.07, 6.45) is -0.808. The second kappa shape index (κ2) is 11.4. The molecule has 2 aliphatic carbocycles. The van der Waals surface area contributed by atoms with Crippen molar-refractivity contribution in [3.05, 3.63) is 69.5 Å². The van der Waals surface area contributed by atoms with Crippen LogP contribution in [0, 0.1) is 5.41 Å². The summed E-state index contributed by atoms with van der Waals surface area (Å²) in [5.74, 6) is -5.07. The molecule has 1 aromatic heterocycles. The first kappa shape index (κ1) is 33.8. The highest BCUT2D eigenvalue weighted by molar-refractivity contribution is 6.74. The van der Waals surface area contributed by atoms with Gasteiger partial charge in [-0.05, 0) is 78.3 Å². The van der Waals surface area contributed by atoms with Crippen LogP contribution in [-0.4, -0.2) is 24.6 Å². The third-order valence-electron chi connectivity index (χ3n) is 9.46. The Hall–Kier alpha value is -2.10.